The van der Waals surface area contributed by atoms with Crippen LogP contribution in [0.1, 0.15) is 21.1 Å². The molecule has 0 aliphatic rings. The molecule has 1 aromatic carbocycles. The molecule has 0 unspecified atom stereocenters. The van der Waals surface area contributed by atoms with Crippen LogP contribution in [-0.2, 0) is 6.61 Å². The van der Waals surface area contributed by atoms with E-state index in [-0.39, 0.29) is 28.6 Å². The highest BCUT2D eigenvalue weighted by atomic mass is 32.1. The molecule has 0 saturated heterocycles. The number of nitrogens with zero attached hydrogens (tertiary/aromatic N) is 3. The smallest absolute Gasteiger partial charge is 0.365 e. The summed E-state index contributed by atoms with van der Waals surface area (Å²) in [6.45, 7) is -0.101. The van der Waals surface area contributed by atoms with E-state index < -0.39 is 10.9 Å². The van der Waals surface area contributed by atoms with Gasteiger partial charge < -0.3 is 9.84 Å². The van der Waals surface area contributed by atoms with Gasteiger partial charge in [-0.05, 0) is 12.1 Å². The highest BCUT2D eigenvalue weighted by molar-refractivity contribution is 7.11. The van der Waals surface area contributed by atoms with Crippen molar-refractivity contribution in [1.82, 2.24) is 4.98 Å². The standard InChI is InChI=1S/C12H7N3O5S/c13-4-7-1-2-10(9(3-7)15(18)19)20-5-8-6-21-11(14-8)12(16)17/h1-3,6H,5H2,(H,16,17). The van der Waals surface area contributed by atoms with Gasteiger partial charge in [-0.15, -0.1) is 11.3 Å². The first kappa shape index (κ1) is 14.4. The molecular weight excluding hydrogens is 298 g/mol. The summed E-state index contributed by atoms with van der Waals surface area (Å²) in [5, 5.41) is 29.8. The van der Waals surface area contributed by atoms with E-state index in [1.807, 2.05) is 0 Å². The quantitative estimate of drug-likeness (QED) is 0.662. The van der Waals surface area contributed by atoms with Crippen molar-refractivity contribution >= 4 is 23.0 Å². The number of carboxylic acids is 1. The second kappa shape index (κ2) is 5.98. The van der Waals surface area contributed by atoms with E-state index in [4.69, 9.17) is 15.1 Å². The highest BCUT2D eigenvalue weighted by Crippen LogP contribution is 2.28. The van der Waals surface area contributed by atoms with E-state index >= 15 is 0 Å². The molecule has 1 heterocycles. The van der Waals surface area contributed by atoms with E-state index in [0.29, 0.717) is 5.69 Å². The summed E-state index contributed by atoms with van der Waals surface area (Å²) in [5.41, 5.74) is 0.176. The lowest BCUT2D eigenvalue weighted by atomic mass is 10.2. The summed E-state index contributed by atoms with van der Waals surface area (Å²) in [5.74, 6) is -1.15. The monoisotopic (exact) mass is 305 g/mol. The molecule has 0 saturated carbocycles. The molecule has 106 valence electrons. The number of aromatic nitrogens is 1. The number of hydrogen-bond donors (Lipinski definition) is 1. The number of nitro benzene ring substituents is 1. The van der Waals surface area contributed by atoms with Crippen molar-refractivity contribution in [3.8, 4) is 11.8 Å². The Morgan fingerprint density at radius 3 is 2.90 bits per heavy atom. The van der Waals surface area contributed by atoms with Gasteiger partial charge in [0, 0.05) is 11.4 Å². The lowest BCUT2D eigenvalue weighted by Gasteiger charge is -2.05. The molecule has 0 bridgehead atoms. The van der Waals surface area contributed by atoms with Crippen molar-refractivity contribution in [1.29, 1.82) is 5.26 Å². The van der Waals surface area contributed by atoms with Crippen molar-refractivity contribution in [2.45, 2.75) is 6.61 Å². The van der Waals surface area contributed by atoms with Crippen molar-refractivity contribution < 1.29 is 19.6 Å². The molecule has 2 rings (SSSR count). The van der Waals surface area contributed by atoms with Gasteiger partial charge >= 0.3 is 11.7 Å². The summed E-state index contributed by atoms with van der Waals surface area (Å²) in [6.07, 6.45) is 0. The zero-order chi connectivity index (χ0) is 15.4. The third-order valence-corrected chi connectivity index (χ3v) is 3.27. The second-order valence-corrected chi connectivity index (χ2v) is 4.65. The van der Waals surface area contributed by atoms with Crippen LogP contribution >= 0.6 is 11.3 Å². The number of benzene rings is 1. The molecule has 0 spiro atoms. The van der Waals surface area contributed by atoms with Crippen LogP contribution in [0.15, 0.2) is 23.6 Å². The van der Waals surface area contributed by atoms with Crippen molar-refractivity contribution in [3.05, 3.63) is 50.0 Å². The Morgan fingerprint density at radius 1 is 1.57 bits per heavy atom. The maximum absolute atomic E-state index is 10.9. The van der Waals surface area contributed by atoms with Crippen molar-refractivity contribution in [3.63, 3.8) is 0 Å². The Hall–Kier alpha value is -2.99. The number of ether oxygens (including phenoxy) is 1. The molecule has 0 radical (unpaired) electrons. The van der Waals surface area contributed by atoms with Gasteiger partial charge in [0.05, 0.1) is 22.2 Å². The van der Waals surface area contributed by atoms with Gasteiger partial charge in [-0.2, -0.15) is 5.26 Å². The van der Waals surface area contributed by atoms with Crippen LogP contribution < -0.4 is 4.74 Å². The van der Waals surface area contributed by atoms with E-state index in [9.17, 15) is 14.9 Å². The van der Waals surface area contributed by atoms with Gasteiger partial charge in [0.2, 0.25) is 5.01 Å². The Bertz CT molecular complexity index is 750. The lowest BCUT2D eigenvalue weighted by molar-refractivity contribution is -0.386. The minimum absolute atomic E-state index is 0.0103. The predicted molar refractivity (Wildman–Crippen MR) is 71.2 cm³/mol. The Morgan fingerprint density at radius 2 is 2.33 bits per heavy atom. The lowest BCUT2D eigenvalue weighted by Crippen LogP contribution is -2.01. The van der Waals surface area contributed by atoms with Crippen molar-refractivity contribution in [2.75, 3.05) is 0 Å². The van der Waals surface area contributed by atoms with Gasteiger partial charge in [0.1, 0.15) is 6.61 Å². The molecule has 21 heavy (non-hydrogen) atoms. The third kappa shape index (κ3) is 3.31. The van der Waals surface area contributed by atoms with Gasteiger partial charge in [0.25, 0.3) is 0 Å². The fourth-order valence-electron chi connectivity index (χ4n) is 1.47. The third-order valence-electron chi connectivity index (χ3n) is 2.39. The van der Waals surface area contributed by atoms with Gasteiger partial charge in [-0.3, -0.25) is 10.1 Å². The first-order valence-electron chi connectivity index (χ1n) is 5.50. The SMILES string of the molecule is N#Cc1ccc(OCc2csc(C(=O)O)n2)c([N+](=O)[O-])c1. The highest BCUT2D eigenvalue weighted by Gasteiger charge is 2.17. The molecule has 9 heteroatoms. The van der Waals surface area contributed by atoms with Crippen LogP contribution in [0.2, 0.25) is 0 Å². The first-order chi connectivity index (χ1) is 10.0. The number of carboxylic acid groups (broad SMARTS) is 1. The fraction of sp³-hybridized carbons (Fsp3) is 0.0833. The zero-order valence-corrected chi connectivity index (χ0v) is 11.2. The summed E-state index contributed by atoms with van der Waals surface area (Å²) < 4.78 is 5.28. The number of carbonyl (C=O) groups is 1. The first-order valence-corrected chi connectivity index (χ1v) is 6.38. The molecular formula is C12H7N3O5S. The average molecular weight is 305 g/mol. The van der Waals surface area contributed by atoms with Crippen LogP contribution in [0.25, 0.3) is 0 Å². The summed E-state index contributed by atoms with van der Waals surface area (Å²) in [4.78, 5) is 24.8. The largest absolute Gasteiger partial charge is 0.480 e. The van der Waals surface area contributed by atoms with Gasteiger partial charge in [-0.1, -0.05) is 0 Å². The Kier molecular flexibility index (Phi) is 4.10. The summed E-state index contributed by atoms with van der Waals surface area (Å²) >= 11 is 0.942. The molecule has 0 aliphatic heterocycles. The van der Waals surface area contributed by atoms with Crippen LogP contribution in [0, 0.1) is 21.4 Å². The second-order valence-electron chi connectivity index (χ2n) is 3.79. The number of aromatic carboxylic acids is 1. The normalized spacial score (nSPS) is 9.86. The maximum Gasteiger partial charge on any atom is 0.365 e. The van der Waals surface area contributed by atoms with E-state index in [2.05, 4.69) is 4.98 Å². The van der Waals surface area contributed by atoms with E-state index in [1.54, 1.807) is 6.07 Å². The van der Waals surface area contributed by atoms with Crippen LogP contribution in [-0.4, -0.2) is 21.0 Å². The Balaban J connectivity index is 2.17. The number of hydrogen-bond acceptors (Lipinski definition) is 7. The topological polar surface area (TPSA) is 126 Å². The van der Waals surface area contributed by atoms with Gasteiger partial charge in [-0.25, -0.2) is 9.78 Å². The molecule has 0 aliphatic carbocycles. The fourth-order valence-corrected chi connectivity index (χ4v) is 2.11. The van der Waals surface area contributed by atoms with Crippen LogP contribution in [0.5, 0.6) is 5.75 Å². The predicted octanol–water partition coefficient (Wildman–Crippen LogP) is 2.20. The minimum Gasteiger partial charge on any atom is -0.480 e. The number of nitro groups is 1. The van der Waals surface area contributed by atoms with Crippen LogP contribution in [0.3, 0.4) is 0 Å². The maximum atomic E-state index is 10.9. The molecule has 0 atom stereocenters. The number of nitriles is 1. The van der Waals surface area contributed by atoms with E-state index in [1.165, 1.54) is 17.5 Å². The van der Waals surface area contributed by atoms with E-state index in [0.717, 1.165) is 17.4 Å². The molecule has 8 nitrogen and oxygen atoms in total. The molecule has 0 fully saturated rings. The number of thiazole rings is 1. The van der Waals surface area contributed by atoms with Crippen molar-refractivity contribution in [2.24, 2.45) is 0 Å². The summed E-state index contributed by atoms with van der Waals surface area (Å²) in [7, 11) is 0. The molecule has 2 aromatic rings. The molecule has 1 N–H and O–H groups in total. The summed E-state index contributed by atoms with van der Waals surface area (Å²) in [6, 6.07) is 5.63. The average Bonchev–Trinajstić information content (AvgIpc) is 2.94. The Labute approximate surface area is 122 Å². The molecule has 1 aromatic heterocycles. The van der Waals surface area contributed by atoms with Gasteiger partial charge in [0.15, 0.2) is 5.75 Å². The zero-order valence-electron chi connectivity index (χ0n) is 10.3. The molecule has 0 amide bonds. The van der Waals surface area contributed by atoms with Crippen LogP contribution in [0.4, 0.5) is 5.69 Å². The number of rotatable bonds is 5. The minimum atomic E-state index is -1.14.